The number of aliphatic imine (C=N–C) groups is 1. The van der Waals surface area contributed by atoms with Crippen molar-refractivity contribution in [1.82, 2.24) is 20.3 Å². The number of nitrogens with zero attached hydrogens (tertiary/aromatic N) is 4. The van der Waals surface area contributed by atoms with Gasteiger partial charge in [-0.25, -0.2) is 0 Å². The number of benzene rings is 1. The molecule has 2 aromatic rings. The van der Waals surface area contributed by atoms with E-state index in [0.717, 1.165) is 62.5 Å². The van der Waals surface area contributed by atoms with Crippen molar-refractivity contribution in [3.8, 4) is 0 Å². The van der Waals surface area contributed by atoms with Gasteiger partial charge in [0.25, 0.3) is 0 Å². The SMILES string of the molecule is CCNC(=NCC1(c2cccc(Cl)c2)CC1)N1CCN(Cc2ccon2)CC1. The molecule has 1 aliphatic heterocycles. The lowest BCUT2D eigenvalue weighted by atomic mass is 9.96. The van der Waals surface area contributed by atoms with Crippen molar-refractivity contribution in [3.63, 3.8) is 0 Å². The third kappa shape index (κ3) is 4.50. The Bertz CT molecular complexity index is 795. The van der Waals surface area contributed by atoms with Gasteiger partial charge in [-0.05, 0) is 37.5 Å². The van der Waals surface area contributed by atoms with Crippen molar-refractivity contribution in [3.05, 3.63) is 52.9 Å². The van der Waals surface area contributed by atoms with Crippen molar-refractivity contribution in [2.24, 2.45) is 4.99 Å². The summed E-state index contributed by atoms with van der Waals surface area (Å²) >= 11 is 6.21. The Labute approximate surface area is 171 Å². The lowest BCUT2D eigenvalue weighted by Gasteiger charge is -2.36. The van der Waals surface area contributed by atoms with Crippen molar-refractivity contribution in [2.45, 2.75) is 31.7 Å². The molecule has 6 nitrogen and oxygen atoms in total. The molecule has 1 saturated heterocycles. The van der Waals surface area contributed by atoms with E-state index in [1.807, 2.05) is 18.2 Å². The van der Waals surface area contributed by atoms with E-state index in [1.54, 1.807) is 6.26 Å². The number of aromatic nitrogens is 1. The van der Waals surface area contributed by atoms with E-state index in [-0.39, 0.29) is 5.41 Å². The van der Waals surface area contributed by atoms with E-state index < -0.39 is 0 Å². The number of hydrogen-bond donors (Lipinski definition) is 1. The first kappa shape index (κ1) is 19.3. The fraction of sp³-hybridized carbons (Fsp3) is 0.524. The molecule has 2 heterocycles. The molecule has 1 aromatic carbocycles. The molecule has 0 atom stereocenters. The highest BCUT2D eigenvalue weighted by Crippen LogP contribution is 2.48. The van der Waals surface area contributed by atoms with Crippen LogP contribution >= 0.6 is 11.6 Å². The van der Waals surface area contributed by atoms with Crippen LogP contribution in [0, 0.1) is 0 Å². The van der Waals surface area contributed by atoms with Crippen LogP contribution in [0.1, 0.15) is 31.0 Å². The summed E-state index contributed by atoms with van der Waals surface area (Å²) < 4.78 is 4.94. The number of nitrogens with one attached hydrogen (secondary N) is 1. The molecule has 2 aliphatic rings. The summed E-state index contributed by atoms with van der Waals surface area (Å²) in [6.45, 7) is 8.59. The van der Waals surface area contributed by atoms with E-state index in [9.17, 15) is 0 Å². The summed E-state index contributed by atoms with van der Waals surface area (Å²) in [4.78, 5) is 9.80. The number of rotatable bonds is 6. The molecule has 0 spiro atoms. The normalized spacial score (nSPS) is 19.6. The zero-order chi connectivity index (χ0) is 19.4. The van der Waals surface area contributed by atoms with Crippen molar-refractivity contribution in [1.29, 1.82) is 0 Å². The molecule has 1 saturated carbocycles. The minimum atomic E-state index is 0.167. The van der Waals surface area contributed by atoms with Gasteiger partial charge in [-0.15, -0.1) is 0 Å². The van der Waals surface area contributed by atoms with Gasteiger partial charge >= 0.3 is 0 Å². The molecule has 7 heteroatoms. The van der Waals surface area contributed by atoms with Crippen LogP contribution in [0.2, 0.25) is 5.02 Å². The molecule has 2 fully saturated rings. The Balaban J connectivity index is 1.37. The standard InChI is InChI=1S/C21H28ClN5O/c1-2-23-20(24-16-21(7-8-21)17-4-3-5-18(22)14-17)27-11-9-26(10-12-27)15-19-6-13-28-25-19/h3-6,13-14H,2,7-12,15-16H2,1H3,(H,23,24). The maximum absolute atomic E-state index is 6.21. The summed E-state index contributed by atoms with van der Waals surface area (Å²) in [7, 11) is 0. The third-order valence-corrected chi connectivity index (χ3v) is 5.94. The van der Waals surface area contributed by atoms with Gasteiger partial charge in [0, 0.05) is 55.8 Å². The number of hydrogen-bond acceptors (Lipinski definition) is 4. The highest BCUT2D eigenvalue weighted by Gasteiger charge is 2.44. The fourth-order valence-electron chi connectivity index (χ4n) is 3.83. The van der Waals surface area contributed by atoms with Crippen LogP contribution in [-0.2, 0) is 12.0 Å². The summed E-state index contributed by atoms with van der Waals surface area (Å²) in [5.41, 5.74) is 2.48. The van der Waals surface area contributed by atoms with Crippen molar-refractivity contribution in [2.75, 3.05) is 39.3 Å². The Morgan fingerprint density at radius 1 is 1.25 bits per heavy atom. The Morgan fingerprint density at radius 3 is 2.71 bits per heavy atom. The van der Waals surface area contributed by atoms with E-state index in [4.69, 9.17) is 21.1 Å². The van der Waals surface area contributed by atoms with Crippen LogP contribution in [0.3, 0.4) is 0 Å². The van der Waals surface area contributed by atoms with Crippen LogP contribution < -0.4 is 5.32 Å². The van der Waals surface area contributed by atoms with E-state index in [1.165, 1.54) is 18.4 Å². The number of halogens is 1. The minimum absolute atomic E-state index is 0.167. The van der Waals surface area contributed by atoms with Crippen molar-refractivity contribution < 1.29 is 4.52 Å². The molecule has 0 unspecified atom stereocenters. The Kier molecular flexibility index (Phi) is 5.87. The quantitative estimate of drug-likeness (QED) is 0.595. The maximum Gasteiger partial charge on any atom is 0.194 e. The van der Waals surface area contributed by atoms with Crippen LogP contribution in [0.4, 0.5) is 0 Å². The van der Waals surface area contributed by atoms with Crippen LogP contribution in [-0.4, -0.2) is 60.2 Å². The molecule has 0 bridgehead atoms. The monoisotopic (exact) mass is 401 g/mol. The molecule has 1 aliphatic carbocycles. The molecule has 150 valence electrons. The molecule has 1 aromatic heterocycles. The zero-order valence-electron chi connectivity index (χ0n) is 16.4. The largest absolute Gasteiger partial charge is 0.364 e. The van der Waals surface area contributed by atoms with Gasteiger partial charge in [-0.1, -0.05) is 28.9 Å². The van der Waals surface area contributed by atoms with Gasteiger partial charge in [0.1, 0.15) is 6.26 Å². The first-order valence-electron chi connectivity index (χ1n) is 10.1. The number of guanidine groups is 1. The average Bonchev–Trinajstić information content (AvgIpc) is 3.33. The lowest BCUT2D eigenvalue weighted by Crippen LogP contribution is -2.52. The molecular weight excluding hydrogens is 374 g/mol. The predicted octanol–water partition coefficient (Wildman–Crippen LogP) is 3.14. The molecule has 28 heavy (non-hydrogen) atoms. The second-order valence-electron chi connectivity index (χ2n) is 7.71. The molecular formula is C21H28ClN5O. The van der Waals surface area contributed by atoms with Gasteiger partial charge in [0.2, 0.25) is 0 Å². The second-order valence-corrected chi connectivity index (χ2v) is 8.15. The van der Waals surface area contributed by atoms with Gasteiger partial charge in [-0.3, -0.25) is 9.89 Å². The zero-order valence-corrected chi connectivity index (χ0v) is 17.2. The highest BCUT2D eigenvalue weighted by atomic mass is 35.5. The molecule has 4 rings (SSSR count). The van der Waals surface area contributed by atoms with Crippen molar-refractivity contribution >= 4 is 17.6 Å². The fourth-order valence-corrected chi connectivity index (χ4v) is 4.02. The lowest BCUT2D eigenvalue weighted by molar-refractivity contribution is 0.169. The van der Waals surface area contributed by atoms with Crippen LogP contribution in [0.5, 0.6) is 0 Å². The summed E-state index contributed by atoms with van der Waals surface area (Å²) in [5, 5.41) is 8.30. The van der Waals surface area contributed by atoms with Crippen LogP contribution in [0.15, 0.2) is 46.1 Å². The Hall–Kier alpha value is -2.05. The first-order chi connectivity index (χ1) is 13.7. The molecule has 0 amide bonds. The first-order valence-corrected chi connectivity index (χ1v) is 10.5. The van der Waals surface area contributed by atoms with E-state index in [2.05, 4.69) is 39.3 Å². The molecule has 0 radical (unpaired) electrons. The smallest absolute Gasteiger partial charge is 0.194 e. The van der Waals surface area contributed by atoms with Gasteiger partial charge in [0.15, 0.2) is 5.96 Å². The van der Waals surface area contributed by atoms with Gasteiger partial charge in [-0.2, -0.15) is 0 Å². The second kappa shape index (κ2) is 8.53. The highest BCUT2D eigenvalue weighted by molar-refractivity contribution is 6.30. The van der Waals surface area contributed by atoms with Gasteiger partial charge < -0.3 is 14.7 Å². The average molecular weight is 402 g/mol. The minimum Gasteiger partial charge on any atom is -0.364 e. The molecule has 1 N–H and O–H groups in total. The summed E-state index contributed by atoms with van der Waals surface area (Å²) in [5.74, 6) is 1.02. The van der Waals surface area contributed by atoms with Gasteiger partial charge in [0.05, 0.1) is 12.2 Å². The third-order valence-electron chi connectivity index (χ3n) is 5.71. The predicted molar refractivity (Wildman–Crippen MR) is 112 cm³/mol. The summed E-state index contributed by atoms with van der Waals surface area (Å²) in [6, 6.07) is 10.2. The van der Waals surface area contributed by atoms with E-state index >= 15 is 0 Å². The summed E-state index contributed by atoms with van der Waals surface area (Å²) in [6.07, 6.45) is 4.00. The van der Waals surface area contributed by atoms with Crippen LogP contribution in [0.25, 0.3) is 0 Å². The topological polar surface area (TPSA) is 56.9 Å². The maximum atomic E-state index is 6.21. The van der Waals surface area contributed by atoms with E-state index in [0.29, 0.717) is 0 Å². The number of piperazine rings is 1. The Morgan fingerprint density at radius 2 is 2.07 bits per heavy atom.